The third kappa shape index (κ3) is 11.8. The number of nitrogens with zero attached hydrogens (tertiary/aromatic N) is 1. The summed E-state index contributed by atoms with van der Waals surface area (Å²) >= 11 is 0. The maximum atomic E-state index is 10.9. The molecule has 0 aliphatic heterocycles. The van der Waals surface area contributed by atoms with E-state index < -0.39 is 19.6 Å². The number of phosphoric acid groups is 1. The van der Waals surface area contributed by atoms with Crippen LogP contribution in [0.5, 0.6) is 0 Å². The first kappa shape index (κ1) is 18.7. The molecule has 2 amide bonds. The van der Waals surface area contributed by atoms with Gasteiger partial charge in [0.25, 0.3) is 5.91 Å². The molecule has 6 N–H and O–H groups in total. The highest BCUT2D eigenvalue weighted by Gasteiger charge is 2.12. The second kappa shape index (κ2) is 9.60. The van der Waals surface area contributed by atoms with E-state index in [4.69, 9.17) is 21.3 Å². The lowest BCUT2D eigenvalue weighted by Gasteiger charge is -2.04. The van der Waals surface area contributed by atoms with Gasteiger partial charge in [0, 0.05) is 6.54 Å². The highest BCUT2D eigenvalue weighted by molar-refractivity contribution is 7.46. The van der Waals surface area contributed by atoms with Gasteiger partial charge in [-0.2, -0.15) is 0 Å². The van der Waals surface area contributed by atoms with Crippen molar-refractivity contribution in [3.63, 3.8) is 0 Å². The van der Waals surface area contributed by atoms with Gasteiger partial charge in [-0.25, -0.2) is 4.57 Å². The van der Waals surface area contributed by atoms with Crippen molar-refractivity contribution in [3.8, 4) is 0 Å². The molecule has 0 atom stereocenters. The Hall–Kier alpha value is -1.28. The van der Waals surface area contributed by atoms with Crippen LogP contribution in [0.25, 0.3) is 0 Å². The van der Waals surface area contributed by atoms with E-state index in [-0.39, 0.29) is 18.7 Å². The first-order chi connectivity index (χ1) is 9.22. The SMILES string of the molecule is NC(=O)CC(=NCCCCCCOP(=O)(O)O)C(N)=O. The largest absolute Gasteiger partial charge is 0.469 e. The van der Waals surface area contributed by atoms with E-state index in [2.05, 4.69) is 9.52 Å². The van der Waals surface area contributed by atoms with Crippen LogP contribution in [0.1, 0.15) is 32.1 Å². The summed E-state index contributed by atoms with van der Waals surface area (Å²) in [6, 6.07) is 0. The number of hydrogen-bond acceptors (Lipinski definition) is 5. The first-order valence-electron chi connectivity index (χ1n) is 6.04. The summed E-state index contributed by atoms with van der Waals surface area (Å²) < 4.78 is 14.6. The van der Waals surface area contributed by atoms with Gasteiger partial charge in [0.1, 0.15) is 5.71 Å². The molecular formula is C10H20N3O6P. The van der Waals surface area contributed by atoms with Crippen LogP contribution < -0.4 is 11.5 Å². The summed E-state index contributed by atoms with van der Waals surface area (Å²) in [4.78, 5) is 42.4. The van der Waals surface area contributed by atoms with Crippen molar-refractivity contribution in [1.29, 1.82) is 0 Å². The molecular weight excluding hydrogens is 289 g/mol. The van der Waals surface area contributed by atoms with Crippen molar-refractivity contribution in [2.45, 2.75) is 32.1 Å². The molecule has 0 aromatic carbocycles. The molecule has 9 nitrogen and oxygen atoms in total. The van der Waals surface area contributed by atoms with Crippen LogP contribution in [0.2, 0.25) is 0 Å². The average Bonchev–Trinajstić information content (AvgIpc) is 2.28. The van der Waals surface area contributed by atoms with Crippen LogP contribution in [0.3, 0.4) is 0 Å². The number of aliphatic imine (C=N–C) groups is 1. The molecule has 0 heterocycles. The standard InChI is InChI=1S/C10H20N3O6P/c11-9(14)7-8(10(12)15)13-5-3-1-2-4-6-19-20(16,17)18/h1-7H2,(H2,11,14)(H2,12,15)(H2,16,17,18). The third-order valence-electron chi connectivity index (χ3n) is 2.24. The fourth-order valence-electron chi connectivity index (χ4n) is 1.35. The number of amides is 2. The van der Waals surface area contributed by atoms with Crippen molar-refractivity contribution >= 4 is 25.3 Å². The van der Waals surface area contributed by atoms with Gasteiger partial charge in [-0.15, -0.1) is 0 Å². The normalized spacial score (nSPS) is 12.4. The number of unbranched alkanes of at least 4 members (excludes halogenated alkanes) is 3. The number of nitrogens with two attached hydrogens (primary N) is 2. The molecule has 0 spiro atoms. The third-order valence-corrected chi connectivity index (χ3v) is 2.76. The number of phosphoric ester groups is 1. The predicted molar refractivity (Wildman–Crippen MR) is 71.8 cm³/mol. The minimum Gasteiger partial charge on any atom is -0.369 e. The second-order valence-electron chi connectivity index (χ2n) is 4.07. The molecule has 0 aliphatic carbocycles. The summed E-state index contributed by atoms with van der Waals surface area (Å²) in [6.07, 6.45) is 2.35. The van der Waals surface area contributed by atoms with E-state index in [0.717, 1.165) is 6.42 Å². The van der Waals surface area contributed by atoms with Crippen molar-refractivity contribution < 1.29 is 28.5 Å². The zero-order valence-corrected chi connectivity index (χ0v) is 11.9. The van der Waals surface area contributed by atoms with E-state index >= 15 is 0 Å². The molecule has 116 valence electrons. The fraction of sp³-hybridized carbons (Fsp3) is 0.700. The molecule has 0 fully saturated rings. The van der Waals surface area contributed by atoms with Gasteiger partial charge in [0.05, 0.1) is 13.0 Å². The van der Waals surface area contributed by atoms with Crippen LogP contribution in [0.15, 0.2) is 4.99 Å². The number of carbonyl (C=O) groups excluding carboxylic acids is 2. The van der Waals surface area contributed by atoms with Gasteiger partial charge >= 0.3 is 7.82 Å². The first-order valence-corrected chi connectivity index (χ1v) is 7.57. The number of rotatable bonds is 11. The van der Waals surface area contributed by atoms with E-state index in [1.165, 1.54) is 0 Å². The van der Waals surface area contributed by atoms with Gasteiger partial charge in [0.2, 0.25) is 5.91 Å². The Bertz CT molecular complexity index is 406. The molecule has 0 saturated heterocycles. The molecule has 0 aromatic heterocycles. The Morgan fingerprint density at radius 1 is 1.10 bits per heavy atom. The van der Waals surface area contributed by atoms with Gasteiger partial charge in [-0.05, 0) is 12.8 Å². The van der Waals surface area contributed by atoms with Crippen molar-refractivity contribution in [1.82, 2.24) is 0 Å². The monoisotopic (exact) mass is 309 g/mol. The Morgan fingerprint density at radius 2 is 1.70 bits per heavy atom. The summed E-state index contributed by atoms with van der Waals surface area (Å²) in [7, 11) is -4.38. The molecule has 0 rings (SSSR count). The molecule has 0 unspecified atom stereocenters. The zero-order valence-electron chi connectivity index (χ0n) is 11.0. The molecule has 20 heavy (non-hydrogen) atoms. The van der Waals surface area contributed by atoms with E-state index in [1.807, 2.05) is 0 Å². The van der Waals surface area contributed by atoms with Gasteiger partial charge in [-0.3, -0.25) is 19.1 Å². The Kier molecular flexibility index (Phi) is 8.98. The zero-order chi connectivity index (χ0) is 15.6. The predicted octanol–water partition coefficient (Wildman–Crippen LogP) is -0.542. The topological polar surface area (TPSA) is 165 Å². The van der Waals surface area contributed by atoms with E-state index in [9.17, 15) is 14.2 Å². The maximum absolute atomic E-state index is 10.9. The Labute approximate surface area is 116 Å². The molecule has 0 radical (unpaired) electrons. The maximum Gasteiger partial charge on any atom is 0.469 e. The molecule has 0 saturated carbocycles. The van der Waals surface area contributed by atoms with Crippen molar-refractivity contribution in [2.75, 3.05) is 13.2 Å². The lowest BCUT2D eigenvalue weighted by Crippen LogP contribution is -2.28. The quantitative estimate of drug-likeness (QED) is 0.227. The van der Waals surface area contributed by atoms with Crippen LogP contribution in [-0.4, -0.2) is 40.5 Å². The molecule has 0 aromatic rings. The van der Waals surface area contributed by atoms with E-state index in [1.54, 1.807) is 0 Å². The number of primary amides is 2. The Balaban J connectivity index is 3.75. The smallest absolute Gasteiger partial charge is 0.369 e. The lowest BCUT2D eigenvalue weighted by molar-refractivity contribution is -0.118. The number of carbonyl (C=O) groups is 2. The molecule has 10 heteroatoms. The van der Waals surface area contributed by atoms with Gasteiger partial charge in [0.15, 0.2) is 0 Å². The van der Waals surface area contributed by atoms with Crippen molar-refractivity contribution in [3.05, 3.63) is 0 Å². The summed E-state index contributed by atoms with van der Waals surface area (Å²) in [6.45, 7) is 0.326. The highest BCUT2D eigenvalue weighted by Crippen LogP contribution is 2.35. The van der Waals surface area contributed by atoms with E-state index in [0.29, 0.717) is 25.8 Å². The Morgan fingerprint density at radius 3 is 2.20 bits per heavy atom. The highest BCUT2D eigenvalue weighted by atomic mass is 31.2. The average molecular weight is 309 g/mol. The summed E-state index contributed by atoms with van der Waals surface area (Å²) in [5.41, 5.74) is 9.95. The lowest BCUT2D eigenvalue weighted by atomic mass is 10.2. The van der Waals surface area contributed by atoms with Crippen molar-refractivity contribution in [2.24, 2.45) is 16.5 Å². The van der Waals surface area contributed by atoms with Crippen LogP contribution in [0.4, 0.5) is 0 Å². The van der Waals surface area contributed by atoms with Gasteiger partial charge in [-0.1, -0.05) is 12.8 Å². The fourth-order valence-corrected chi connectivity index (χ4v) is 1.72. The summed E-state index contributed by atoms with van der Waals surface area (Å²) in [5.74, 6) is -1.43. The van der Waals surface area contributed by atoms with Crippen LogP contribution in [-0.2, 0) is 18.7 Å². The van der Waals surface area contributed by atoms with Crippen LogP contribution in [0, 0.1) is 0 Å². The number of hydrogen-bond donors (Lipinski definition) is 4. The summed E-state index contributed by atoms with van der Waals surface area (Å²) in [5, 5.41) is 0. The minimum absolute atomic E-state index is 0.0121. The van der Waals surface area contributed by atoms with Gasteiger partial charge < -0.3 is 21.3 Å². The second-order valence-corrected chi connectivity index (χ2v) is 5.31. The molecule has 0 aliphatic rings. The molecule has 0 bridgehead atoms. The van der Waals surface area contributed by atoms with Crippen LogP contribution >= 0.6 is 7.82 Å². The minimum atomic E-state index is -4.38.